The molecule has 1 aromatic heterocycles. The number of anilines is 2. The van der Waals surface area contributed by atoms with E-state index in [2.05, 4.69) is 20.6 Å². The highest BCUT2D eigenvalue weighted by atomic mass is 16.5. The van der Waals surface area contributed by atoms with Gasteiger partial charge in [-0.3, -0.25) is 10.2 Å². The predicted molar refractivity (Wildman–Crippen MR) is 122 cm³/mol. The number of carbonyl (C=O) groups is 1. The van der Waals surface area contributed by atoms with Gasteiger partial charge in [-0.2, -0.15) is 0 Å². The molecule has 0 aliphatic rings. The molecule has 1 heterocycles. The van der Waals surface area contributed by atoms with E-state index >= 15 is 0 Å². The number of nitrogens with two attached hydrogens (primary N) is 1. The van der Waals surface area contributed by atoms with Crippen molar-refractivity contribution in [2.24, 2.45) is 0 Å². The molecule has 0 fully saturated rings. The number of amides is 1. The van der Waals surface area contributed by atoms with Crippen molar-refractivity contribution in [2.75, 3.05) is 18.2 Å². The summed E-state index contributed by atoms with van der Waals surface area (Å²) in [6.07, 6.45) is 1.38. The molecule has 1 amide bonds. The molecular formula is C23H26N6O2. The van der Waals surface area contributed by atoms with E-state index in [4.69, 9.17) is 15.9 Å². The molecular weight excluding hydrogens is 392 g/mol. The first-order valence-electron chi connectivity index (χ1n) is 9.87. The van der Waals surface area contributed by atoms with Gasteiger partial charge in [-0.1, -0.05) is 36.4 Å². The zero-order valence-electron chi connectivity index (χ0n) is 17.8. The average molecular weight is 419 g/mol. The molecule has 0 saturated heterocycles. The van der Waals surface area contributed by atoms with Gasteiger partial charge in [0.2, 0.25) is 0 Å². The first-order chi connectivity index (χ1) is 14.9. The van der Waals surface area contributed by atoms with E-state index < -0.39 is 0 Å². The number of methoxy groups -OCH3 is 1. The quantitative estimate of drug-likeness (QED) is 0.416. The summed E-state index contributed by atoms with van der Waals surface area (Å²) in [6.45, 7) is 4.32. The van der Waals surface area contributed by atoms with E-state index in [1.54, 1.807) is 18.2 Å². The molecule has 0 aliphatic heterocycles. The average Bonchev–Trinajstić information content (AvgIpc) is 2.77. The molecule has 0 spiro atoms. The molecule has 3 aromatic rings. The monoisotopic (exact) mass is 418 g/mol. The fraction of sp³-hybridized carbons (Fsp3) is 0.217. The van der Waals surface area contributed by atoms with E-state index in [0.29, 0.717) is 34.8 Å². The second kappa shape index (κ2) is 9.71. The van der Waals surface area contributed by atoms with Crippen LogP contribution >= 0.6 is 0 Å². The number of nitrogen functional groups attached to an aromatic ring is 1. The molecule has 3 rings (SSSR count). The van der Waals surface area contributed by atoms with Crippen LogP contribution in [0.4, 0.5) is 11.6 Å². The summed E-state index contributed by atoms with van der Waals surface area (Å²) < 4.78 is 5.24. The van der Waals surface area contributed by atoms with Crippen LogP contribution < -0.4 is 21.1 Å². The Morgan fingerprint density at radius 1 is 1.13 bits per heavy atom. The maximum Gasteiger partial charge on any atom is 0.255 e. The third-order valence-electron chi connectivity index (χ3n) is 4.60. The van der Waals surface area contributed by atoms with Gasteiger partial charge >= 0.3 is 0 Å². The number of nitrogens with zero attached hydrogens (tertiary/aromatic N) is 2. The zero-order chi connectivity index (χ0) is 22.4. The van der Waals surface area contributed by atoms with Crippen molar-refractivity contribution in [1.29, 1.82) is 5.41 Å². The lowest BCUT2D eigenvalue weighted by atomic mass is 10.0. The molecule has 8 nitrogen and oxygen atoms in total. The smallest absolute Gasteiger partial charge is 0.255 e. The Morgan fingerprint density at radius 3 is 2.52 bits per heavy atom. The maximum atomic E-state index is 12.5. The third-order valence-corrected chi connectivity index (χ3v) is 4.60. The Balaban J connectivity index is 1.72. The minimum atomic E-state index is -0.215. The number of rotatable bonds is 8. The second-order valence-electron chi connectivity index (χ2n) is 7.24. The third kappa shape index (κ3) is 5.16. The number of hydrogen-bond donors (Lipinski definition) is 4. The number of benzene rings is 2. The van der Waals surface area contributed by atoms with E-state index in [1.165, 1.54) is 13.4 Å². The van der Waals surface area contributed by atoms with Gasteiger partial charge in [0.1, 0.15) is 23.7 Å². The van der Waals surface area contributed by atoms with Gasteiger partial charge in [-0.15, -0.1) is 0 Å². The van der Waals surface area contributed by atoms with Gasteiger partial charge in [0.15, 0.2) is 0 Å². The number of carbonyl (C=O) groups excluding carboxylic acids is 1. The zero-order valence-corrected chi connectivity index (χ0v) is 17.8. The van der Waals surface area contributed by atoms with Crippen LogP contribution in [0.3, 0.4) is 0 Å². The topological polar surface area (TPSA) is 126 Å². The Morgan fingerprint density at radius 2 is 1.84 bits per heavy atom. The maximum absolute atomic E-state index is 12.5. The summed E-state index contributed by atoms with van der Waals surface area (Å²) in [5.74, 6) is 1.09. The Labute approximate surface area is 181 Å². The SMILES string of the molecule is COc1ccccc1C(=O)NCc1ccc(C(=N)c2c(N)ncnc2NC(C)C)cc1. The Bertz CT molecular complexity index is 1080. The minimum absolute atomic E-state index is 0.134. The fourth-order valence-corrected chi connectivity index (χ4v) is 3.07. The summed E-state index contributed by atoms with van der Waals surface area (Å²) in [6, 6.07) is 14.6. The molecule has 0 bridgehead atoms. The summed E-state index contributed by atoms with van der Waals surface area (Å²) >= 11 is 0. The van der Waals surface area contributed by atoms with Crippen molar-refractivity contribution in [3.05, 3.63) is 77.1 Å². The first kappa shape index (κ1) is 21.8. The standard InChI is InChI=1S/C23H26N6O2/c1-14(2)29-22-19(21(25)27-13-28-22)20(24)16-10-8-15(9-11-16)12-26-23(30)17-6-4-5-7-18(17)31-3/h4-11,13-14,24H,12H2,1-3H3,(H,26,30)(H3,25,27,28,29). The molecule has 31 heavy (non-hydrogen) atoms. The molecule has 160 valence electrons. The lowest BCUT2D eigenvalue weighted by Crippen LogP contribution is -2.23. The van der Waals surface area contributed by atoms with E-state index in [-0.39, 0.29) is 23.5 Å². The highest BCUT2D eigenvalue weighted by Crippen LogP contribution is 2.22. The molecule has 2 aromatic carbocycles. The molecule has 0 aliphatic carbocycles. The van der Waals surface area contributed by atoms with Crippen molar-refractivity contribution < 1.29 is 9.53 Å². The van der Waals surface area contributed by atoms with Gasteiger partial charge in [-0.05, 0) is 31.5 Å². The molecule has 0 radical (unpaired) electrons. The van der Waals surface area contributed by atoms with Gasteiger partial charge in [-0.25, -0.2) is 9.97 Å². The molecule has 0 unspecified atom stereocenters. The Kier molecular flexibility index (Phi) is 6.81. The van der Waals surface area contributed by atoms with Crippen LogP contribution in [0.5, 0.6) is 5.75 Å². The van der Waals surface area contributed by atoms with Crippen molar-refractivity contribution >= 4 is 23.3 Å². The summed E-state index contributed by atoms with van der Waals surface area (Å²) in [4.78, 5) is 20.7. The van der Waals surface area contributed by atoms with Crippen LogP contribution in [0.15, 0.2) is 54.9 Å². The molecule has 8 heteroatoms. The summed E-state index contributed by atoms with van der Waals surface area (Å²) in [5.41, 5.74) is 8.78. The van der Waals surface area contributed by atoms with Crippen LogP contribution in [0.2, 0.25) is 0 Å². The van der Waals surface area contributed by atoms with E-state index in [9.17, 15) is 4.79 Å². The van der Waals surface area contributed by atoms with Gasteiger partial charge in [0.05, 0.1) is 23.9 Å². The van der Waals surface area contributed by atoms with Crippen LogP contribution in [-0.2, 0) is 6.54 Å². The van der Waals surface area contributed by atoms with Crippen LogP contribution in [-0.4, -0.2) is 34.7 Å². The number of hydrogen-bond acceptors (Lipinski definition) is 7. The van der Waals surface area contributed by atoms with Crippen LogP contribution in [0.1, 0.15) is 40.9 Å². The van der Waals surface area contributed by atoms with E-state index in [1.807, 2.05) is 44.2 Å². The molecule has 5 N–H and O–H groups in total. The first-order valence-corrected chi connectivity index (χ1v) is 9.87. The Hall–Kier alpha value is -3.94. The molecule has 0 saturated carbocycles. The van der Waals surface area contributed by atoms with Crippen molar-refractivity contribution in [3.63, 3.8) is 0 Å². The number of aromatic nitrogens is 2. The lowest BCUT2D eigenvalue weighted by molar-refractivity contribution is 0.0948. The normalized spacial score (nSPS) is 10.6. The highest BCUT2D eigenvalue weighted by molar-refractivity contribution is 6.16. The van der Waals surface area contributed by atoms with Gasteiger partial charge < -0.3 is 21.1 Å². The molecule has 0 atom stereocenters. The lowest BCUT2D eigenvalue weighted by Gasteiger charge is -2.15. The summed E-state index contributed by atoms with van der Waals surface area (Å²) in [5, 5.41) is 14.7. The summed E-state index contributed by atoms with van der Waals surface area (Å²) in [7, 11) is 1.53. The largest absolute Gasteiger partial charge is 0.496 e. The predicted octanol–water partition coefficient (Wildman–Crippen LogP) is 3.23. The fourth-order valence-electron chi connectivity index (χ4n) is 3.07. The number of para-hydroxylation sites is 1. The minimum Gasteiger partial charge on any atom is -0.496 e. The number of nitrogens with one attached hydrogen (secondary N) is 3. The van der Waals surface area contributed by atoms with Crippen molar-refractivity contribution in [1.82, 2.24) is 15.3 Å². The van der Waals surface area contributed by atoms with Crippen molar-refractivity contribution in [3.8, 4) is 5.75 Å². The number of ether oxygens (including phenoxy) is 1. The van der Waals surface area contributed by atoms with Crippen molar-refractivity contribution in [2.45, 2.75) is 26.4 Å². The van der Waals surface area contributed by atoms with Crippen LogP contribution in [0.25, 0.3) is 0 Å². The van der Waals surface area contributed by atoms with Gasteiger partial charge in [0, 0.05) is 18.2 Å². The van der Waals surface area contributed by atoms with Crippen LogP contribution in [0, 0.1) is 5.41 Å². The van der Waals surface area contributed by atoms with E-state index in [0.717, 1.165) is 5.56 Å². The second-order valence-corrected chi connectivity index (χ2v) is 7.24. The highest BCUT2D eigenvalue weighted by Gasteiger charge is 2.17. The van der Waals surface area contributed by atoms with Gasteiger partial charge in [0.25, 0.3) is 5.91 Å².